The normalized spacial score (nSPS) is 12.9. The van der Waals surface area contributed by atoms with Gasteiger partial charge in [-0.05, 0) is 31.5 Å². The molecule has 1 unspecified atom stereocenters. The van der Waals surface area contributed by atoms with E-state index in [1.165, 1.54) is 32.1 Å². The molecule has 1 aromatic heterocycles. The third kappa shape index (κ3) is 4.52. The molecule has 1 N–H and O–H groups in total. The van der Waals surface area contributed by atoms with E-state index in [0.29, 0.717) is 6.04 Å². The van der Waals surface area contributed by atoms with Crippen molar-refractivity contribution in [2.24, 2.45) is 0 Å². The van der Waals surface area contributed by atoms with Crippen molar-refractivity contribution in [3.05, 3.63) is 24.2 Å². The molecule has 0 fully saturated rings. The van der Waals surface area contributed by atoms with Crippen LogP contribution in [0.15, 0.2) is 22.8 Å². The number of rotatable bonds is 8. The van der Waals surface area contributed by atoms with Gasteiger partial charge in [-0.15, -0.1) is 0 Å². The zero-order chi connectivity index (χ0) is 10.9. The summed E-state index contributed by atoms with van der Waals surface area (Å²) in [6, 6.07) is 4.45. The van der Waals surface area contributed by atoms with Gasteiger partial charge in [-0.25, -0.2) is 0 Å². The maximum atomic E-state index is 5.46. The largest absolute Gasteiger partial charge is 0.468 e. The van der Waals surface area contributed by atoms with Crippen LogP contribution in [0.4, 0.5) is 0 Å². The summed E-state index contributed by atoms with van der Waals surface area (Å²) in [6.45, 7) is 5.50. The second-order valence-corrected chi connectivity index (χ2v) is 4.02. The van der Waals surface area contributed by atoms with Gasteiger partial charge in [0.15, 0.2) is 0 Å². The Morgan fingerprint density at radius 1 is 1.27 bits per heavy atom. The van der Waals surface area contributed by atoms with E-state index in [0.717, 1.165) is 12.3 Å². The van der Waals surface area contributed by atoms with Crippen molar-refractivity contribution < 1.29 is 4.42 Å². The molecule has 0 saturated heterocycles. The highest BCUT2D eigenvalue weighted by Gasteiger charge is 2.12. The van der Waals surface area contributed by atoms with Crippen molar-refractivity contribution in [2.75, 3.05) is 6.54 Å². The zero-order valence-electron chi connectivity index (χ0n) is 9.96. The number of unbranched alkanes of at least 4 members (excludes halogenated alkanes) is 2. The molecule has 15 heavy (non-hydrogen) atoms. The topological polar surface area (TPSA) is 25.2 Å². The Kier molecular flexibility index (Phi) is 6.17. The summed E-state index contributed by atoms with van der Waals surface area (Å²) < 4.78 is 5.46. The summed E-state index contributed by atoms with van der Waals surface area (Å²) in [7, 11) is 0. The van der Waals surface area contributed by atoms with Crippen LogP contribution in [0.1, 0.15) is 57.8 Å². The van der Waals surface area contributed by atoms with Crippen LogP contribution in [0.3, 0.4) is 0 Å². The highest BCUT2D eigenvalue weighted by atomic mass is 16.3. The molecule has 0 spiro atoms. The van der Waals surface area contributed by atoms with Gasteiger partial charge in [0.05, 0.1) is 12.3 Å². The molecule has 0 saturated carbocycles. The highest BCUT2D eigenvalue weighted by Crippen LogP contribution is 2.20. The maximum Gasteiger partial charge on any atom is 0.120 e. The van der Waals surface area contributed by atoms with Crippen LogP contribution in [-0.2, 0) is 0 Å². The SMILES string of the molecule is CCCCCC(NCCC)c1ccco1. The zero-order valence-corrected chi connectivity index (χ0v) is 9.96. The first-order valence-electron chi connectivity index (χ1n) is 6.15. The van der Waals surface area contributed by atoms with Crippen LogP contribution in [0.2, 0.25) is 0 Å². The second-order valence-electron chi connectivity index (χ2n) is 4.02. The Morgan fingerprint density at radius 3 is 2.73 bits per heavy atom. The number of furan rings is 1. The molecule has 1 heterocycles. The van der Waals surface area contributed by atoms with Crippen molar-refractivity contribution in [1.82, 2.24) is 5.32 Å². The quantitative estimate of drug-likeness (QED) is 0.657. The predicted octanol–water partition coefficient (Wildman–Crippen LogP) is 3.90. The lowest BCUT2D eigenvalue weighted by atomic mass is 10.1. The Bertz CT molecular complexity index is 231. The summed E-state index contributed by atoms with van der Waals surface area (Å²) >= 11 is 0. The van der Waals surface area contributed by atoms with Gasteiger partial charge in [0.1, 0.15) is 5.76 Å². The minimum Gasteiger partial charge on any atom is -0.468 e. The molecule has 0 amide bonds. The van der Waals surface area contributed by atoms with Crippen molar-refractivity contribution in [3.8, 4) is 0 Å². The molecule has 0 radical (unpaired) electrons. The van der Waals surface area contributed by atoms with E-state index in [4.69, 9.17) is 4.42 Å². The summed E-state index contributed by atoms with van der Waals surface area (Å²) in [5.41, 5.74) is 0. The van der Waals surface area contributed by atoms with Crippen molar-refractivity contribution in [3.63, 3.8) is 0 Å². The molecular weight excluding hydrogens is 186 g/mol. The van der Waals surface area contributed by atoms with Crippen LogP contribution in [-0.4, -0.2) is 6.54 Å². The average Bonchev–Trinajstić information content (AvgIpc) is 2.76. The third-order valence-electron chi connectivity index (χ3n) is 2.62. The maximum absolute atomic E-state index is 5.46. The first-order valence-corrected chi connectivity index (χ1v) is 6.15. The van der Waals surface area contributed by atoms with E-state index < -0.39 is 0 Å². The summed E-state index contributed by atoms with van der Waals surface area (Å²) in [6.07, 6.45) is 7.98. The van der Waals surface area contributed by atoms with Gasteiger partial charge in [0.2, 0.25) is 0 Å². The molecule has 1 atom stereocenters. The monoisotopic (exact) mass is 209 g/mol. The number of nitrogens with one attached hydrogen (secondary N) is 1. The Labute approximate surface area is 93.1 Å². The molecule has 86 valence electrons. The molecule has 0 aliphatic carbocycles. The van der Waals surface area contributed by atoms with Gasteiger partial charge < -0.3 is 9.73 Å². The van der Waals surface area contributed by atoms with Crippen molar-refractivity contribution in [1.29, 1.82) is 0 Å². The second kappa shape index (κ2) is 7.52. The van der Waals surface area contributed by atoms with E-state index in [-0.39, 0.29) is 0 Å². The lowest BCUT2D eigenvalue weighted by molar-refractivity contribution is 0.386. The fourth-order valence-corrected chi connectivity index (χ4v) is 1.75. The van der Waals surface area contributed by atoms with Crippen LogP contribution in [0.25, 0.3) is 0 Å². The fraction of sp³-hybridized carbons (Fsp3) is 0.692. The van der Waals surface area contributed by atoms with Crippen LogP contribution in [0, 0.1) is 0 Å². The van der Waals surface area contributed by atoms with Gasteiger partial charge in [-0.2, -0.15) is 0 Å². The van der Waals surface area contributed by atoms with Crippen molar-refractivity contribution >= 4 is 0 Å². The van der Waals surface area contributed by atoms with Gasteiger partial charge in [0.25, 0.3) is 0 Å². The lowest BCUT2D eigenvalue weighted by Crippen LogP contribution is -2.21. The van der Waals surface area contributed by atoms with E-state index in [1.807, 2.05) is 6.07 Å². The molecule has 2 heteroatoms. The van der Waals surface area contributed by atoms with Gasteiger partial charge in [-0.3, -0.25) is 0 Å². The molecular formula is C13H23NO. The van der Waals surface area contributed by atoms with Crippen LogP contribution >= 0.6 is 0 Å². The first kappa shape index (κ1) is 12.3. The molecule has 1 aromatic rings. The van der Waals surface area contributed by atoms with Crippen LogP contribution in [0.5, 0.6) is 0 Å². The molecule has 2 nitrogen and oxygen atoms in total. The van der Waals surface area contributed by atoms with E-state index in [2.05, 4.69) is 25.2 Å². The summed E-state index contributed by atoms with van der Waals surface area (Å²) in [5.74, 6) is 1.08. The number of hydrogen-bond donors (Lipinski definition) is 1. The lowest BCUT2D eigenvalue weighted by Gasteiger charge is -2.15. The van der Waals surface area contributed by atoms with Gasteiger partial charge >= 0.3 is 0 Å². The highest BCUT2D eigenvalue weighted by molar-refractivity contribution is 5.04. The standard InChI is InChI=1S/C13H23NO/c1-3-5-6-8-12(14-10-4-2)13-9-7-11-15-13/h7,9,11-12,14H,3-6,8,10H2,1-2H3. The molecule has 1 rings (SSSR count). The molecule has 0 aromatic carbocycles. The minimum absolute atomic E-state index is 0.409. The summed E-state index contributed by atoms with van der Waals surface area (Å²) in [4.78, 5) is 0. The average molecular weight is 209 g/mol. The number of hydrogen-bond acceptors (Lipinski definition) is 2. The molecule has 0 bridgehead atoms. The predicted molar refractivity (Wildman–Crippen MR) is 63.9 cm³/mol. The Balaban J connectivity index is 2.39. The third-order valence-corrected chi connectivity index (χ3v) is 2.62. The Hall–Kier alpha value is -0.760. The van der Waals surface area contributed by atoms with Gasteiger partial charge in [0, 0.05) is 0 Å². The van der Waals surface area contributed by atoms with E-state index in [9.17, 15) is 0 Å². The first-order chi connectivity index (χ1) is 7.38. The molecule has 0 aliphatic heterocycles. The Morgan fingerprint density at radius 2 is 2.13 bits per heavy atom. The van der Waals surface area contributed by atoms with Gasteiger partial charge in [-0.1, -0.05) is 33.1 Å². The fourth-order valence-electron chi connectivity index (χ4n) is 1.75. The molecule has 0 aliphatic rings. The van der Waals surface area contributed by atoms with E-state index >= 15 is 0 Å². The summed E-state index contributed by atoms with van der Waals surface area (Å²) in [5, 5.41) is 3.54. The smallest absolute Gasteiger partial charge is 0.120 e. The van der Waals surface area contributed by atoms with Crippen molar-refractivity contribution in [2.45, 2.75) is 52.0 Å². The van der Waals surface area contributed by atoms with Crippen LogP contribution < -0.4 is 5.32 Å². The van der Waals surface area contributed by atoms with E-state index in [1.54, 1.807) is 6.26 Å². The minimum atomic E-state index is 0.409.